The van der Waals surface area contributed by atoms with Gasteiger partial charge in [0, 0.05) is 24.8 Å². The summed E-state index contributed by atoms with van der Waals surface area (Å²) >= 11 is 1.30. The van der Waals surface area contributed by atoms with Crippen LogP contribution < -0.4 is 10.2 Å². The van der Waals surface area contributed by atoms with Crippen LogP contribution in [0.1, 0.15) is 18.4 Å². The number of hydrogen-bond acceptors (Lipinski definition) is 7. The molecular weight excluding hydrogens is 367 g/mol. The van der Waals surface area contributed by atoms with Gasteiger partial charge in [0.1, 0.15) is 16.7 Å². The van der Waals surface area contributed by atoms with Crippen molar-refractivity contribution in [3.05, 3.63) is 42.0 Å². The Morgan fingerprint density at radius 2 is 2.30 bits per heavy atom. The molecule has 1 aromatic carbocycles. The number of carbonyl (C=O) groups excluding carboxylic acids is 1. The van der Waals surface area contributed by atoms with Crippen LogP contribution in [0.15, 0.2) is 35.6 Å². The molecule has 0 aliphatic carbocycles. The van der Waals surface area contributed by atoms with Crippen LogP contribution in [-0.4, -0.2) is 47.9 Å². The molecule has 8 heteroatoms. The number of esters is 1. The molecule has 1 atom stereocenters. The Bertz CT molecular complexity index is 805. The van der Waals surface area contributed by atoms with E-state index in [4.69, 9.17) is 0 Å². The van der Waals surface area contributed by atoms with Gasteiger partial charge in [-0.2, -0.15) is 0 Å². The standard InChI is InChI=1S/C19H23FN4O2S/c1-13-8-14(20)5-6-16(13)24-7-3-4-15(11-24)22-17-9-21-10-18(23-17)27-12-19(25)26-2/h5-6,8-10,15H,3-4,7,11-12H2,1-2H3,(H,22,23). The zero-order valence-electron chi connectivity index (χ0n) is 15.4. The van der Waals surface area contributed by atoms with Gasteiger partial charge in [-0.05, 0) is 43.5 Å². The van der Waals surface area contributed by atoms with E-state index in [9.17, 15) is 9.18 Å². The molecule has 1 unspecified atom stereocenters. The quantitative estimate of drug-likeness (QED) is 0.600. The molecule has 0 spiro atoms. The highest BCUT2D eigenvalue weighted by molar-refractivity contribution is 7.99. The number of anilines is 2. The first kappa shape index (κ1) is 19.4. The third-order valence-electron chi connectivity index (χ3n) is 4.45. The molecule has 1 aromatic heterocycles. The van der Waals surface area contributed by atoms with E-state index in [1.807, 2.05) is 13.0 Å². The molecule has 0 bridgehead atoms. The normalized spacial score (nSPS) is 16.9. The number of aromatic nitrogens is 2. The van der Waals surface area contributed by atoms with E-state index < -0.39 is 0 Å². The molecule has 0 radical (unpaired) electrons. The van der Waals surface area contributed by atoms with Gasteiger partial charge in [-0.25, -0.2) is 9.37 Å². The van der Waals surface area contributed by atoms with E-state index in [1.54, 1.807) is 18.5 Å². The molecule has 1 aliphatic rings. The zero-order valence-corrected chi connectivity index (χ0v) is 16.3. The van der Waals surface area contributed by atoms with Crippen molar-refractivity contribution in [2.45, 2.75) is 30.8 Å². The Hall–Kier alpha value is -2.35. The lowest BCUT2D eigenvalue weighted by Gasteiger charge is -2.35. The first-order valence-corrected chi connectivity index (χ1v) is 9.83. The summed E-state index contributed by atoms with van der Waals surface area (Å²) < 4.78 is 18.0. The number of nitrogens with zero attached hydrogens (tertiary/aromatic N) is 3. The summed E-state index contributed by atoms with van der Waals surface area (Å²) in [5.74, 6) is 0.389. The molecule has 2 aromatic rings. The van der Waals surface area contributed by atoms with Crippen LogP contribution >= 0.6 is 11.8 Å². The smallest absolute Gasteiger partial charge is 0.316 e. The number of methoxy groups -OCH3 is 1. The van der Waals surface area contributed by atoms with Crippen LogP contribution in [-0.2, 0) is 9.53 Å². The van der Waals surface area contributed by atoms with Gasteiger partial charge in [-0.3, -0.25) is 9.78 Å². The van der Waals surface area contributed by atoms with Crippen LogP contribution in [0.2, 0.25) is 0 Å². The van der Waals surface area contributed by atoms with Gasteiger partial charge in [0.25, 0.3) is 0 Å². The molecular formula is C19H23FN4O2S. The minimum absolute atomic E-state index is 0.204. The van der Waals surface area contributed by atoms with E-state index in [1.165, 1.54) is 24.9 Å². The van der Waals surface area contributed by atoms with Gasteiger partial charge in [0.2, 0.25) is 0 Å². The predicted molar refractivity (Wildman–Crippen MR) is 105 cm³/mol. The van der Waals surface area contributed by atoms with Crippen molar-refractivity contribution in [2.24, 2.45) is 0 Å². The number of benzene rings is 1. The lowest BCUT2D eigenvalue weighted by molar-refractivity contribution is -0.137. The molecule has 6 nitrogen and oxygen atoms in total. The lowest BCUT2D eigenvalue weighted by Crippen LogP contribution is -2.42. The monoisotopic (exact) mass is 390 g/mol. The largest absolute Gasteiger partial charge is 0.468 e. The fourth-order valence-corrected chi connectivity index (χ4v) is 3.86. The summed E-state index contributed by atoms with van der Waals surface area (Å²) in [6.45, 7) is 3.70. The summed E-state index contributed by atoms with van der Waals surface area (Å²) in [6.07, 6.45) is 5.38. The Morgan fingerprint density at radius 1 is 1.44 bits per heavy atom. The summed E-state index contributed by atoms with van der Waals surface area (Å²) in [6, 6.07) is 5.14. The molecule has 1 N–H and O–H groups in total. The number of piperidine rings is 1. The van der Waals surface area contributed by atoms with Gasteiger partial charge in [-0.15, -0.1) is 0 Å². The van der Waals surface area contributed by atoms with Crippen molar-refractivity contribution >= 4 is 29.2 Å². The molecule has 1 fully saturated rings. The minimum atomic E-state index is -0.294. The van der Waals surface area contributed by atoms with Crippen molar-refractivity contribution in [2.75, 3.05) is 36.2 Å². The Morgan fingerprint density at radius 3 is 3.07 bits per heavy atom. The van der Waals surface area contributed by atoms with Crippen molar-refractivity contribution in [3.8, 4) is 0 Å². The van der Waals surface area contributed by atoms with Crippen LogP contribution in [0.3, 0.4) is 0 Å². The maximum Gasteiger partial charge on any atom is 0.316 e. The predicted octanol–water partition coefficient (Wildman–Crippen LogP) is 3.27. The SMILES string of the molecule is COC(=O)CSc1cncc(NC2CCCN(c3ccc(F)cc3C)C2)n1. The third kappa shape index (κ3) is 5.32. The van der Waals surface area contributed by atoms with Crippen molar-refractivity contribution < 1.29 is 13.9 Å². The van der Waals surface area contributed by atoms with E-state index in [0.717, 1.165) is 37.2 Å². The van der Waals surface area contributed by atoms with Crippen molar-refractivity contribution in [1.82, 2.24) is 9.97 Å². The van der Waals surface area contributed by atoms with E-state index in [2.05, 4.69) is 24.9 Å². The second-order valence-corrected chi connectivity index (χ2v) is 7.46. The summed E-state index contributed by atoms with van der Waals surface area (Å²) in [4.78, 5) is 22.3. The second kappa shape index (κ2) is 9.03. The number of halogens is 1. The van der Waals surface area contributed by atoms with Gasteiger partial charge in [-0.1, -0.05) is 11.8 Å². The third-order valence-corrected chi connectivity index (χ3v) is 5.32. The molecule has 2 heterocycles. The summed E-state index contributed by atoms with van der Waals surface area (Å²) in [5.41, 5.74) is 2.01. The van der Waals surface area contributed by atoms with E-state index >= 15 is 0 Å². The van der Waals surface area contributed by atoms with Crippen LogP contribution in [0.4, 0.5) is 15.9 Å². The van der Waals surface area contributed by atoms with E-state index in [-0.39, 0.29) is 23.6 Å². The highest BCUT2D eigenvalue weighted by Gasteiger charge is 2.21. The maximum absolute atomic E-state index is 13.4. The van der Waals surface area contributed by atoms with Gasteiger partial charge in [0.15, 0.2) is 0 Å². The maximum atomic E-state index is 13.4. The molecule has 1 aliphatic heterocycles. The summed E-state index contributed by atoms with van der Waals surface area (Å²) in [5, 5.41) is 4.11. The summed E-state index contributed by atoms with van der Waals surface area (Å²) in [7, 11) is 1.37. The van der Waals surface area contributed by atoms with Gasteiger partial charge < -0.3 is 15.0 Å². The molecule has 144 valence electrons. The minimum Gasteiger partial charge on any atom is -0.468 e. The topological polar surface area (TPSA) is 67.3 Å². The van der Waals surface area contributed by atoms with Crippen LogP contribution in [0.5, 0.6) is 0 Å². The lowest BCUT2D eigenvalue weighted by atomic mass is 10.0. The Balaban J connectivity index is 1.63. The molecule has 27 heavy (non-hydrogen) atoms. The van der Waals surface area contributed by atoms with Gasteiger partial charge >= 0.3 is 5.97 Å². The number of hydrogen-bond donors (Lipinski definition) is 1. The second-order valence-electron chi connectivity index (χ2n) is 6.47. The molecule has 3 rings (SSSR count). The Kier molecular flexibility index (Phi) is 6.49. The average Bonchev–Trinajstić information content (AvgIpc) is 2.66. The highest BCUT2D eigenvalue weighted by atomic mass is 32.2. The Labute approximate surface area is 162 Å². The highest BCUT2D eigenvalue weighted by Crippen LogP contribution is 2.26. The number of ether oxygens (including phenoxy) is 1. The fraction of sp³-hybridized carbons (Fsp3) is 0.421. The molecule has 0 saturated carbocycles. The molecule has 1 saturated heterocycles. The van der Waals surface area contributed by atoms with Gasteiger partial charge in [0.05, 0.1) is 25.3 Å². The van der Waals surface area contributed by atoms with Crippen molar-refractivity contribution in [1.29, 1.82) is 0 Å². The average molecular weight is 390 g/mol. The van der Waals surface area contributed by atoms with E-state index in [0.29, 0.717) is 10.8 Å². The first-order valence-electron chi connectivity index (χ1n) is 8.84. The van der Waals surface area contributed by atoms with Crippen LogP contribution in [0.25, 0.3) is 0 Å². The van der Waals surface area contributed by atoms with Crippen molar-refractivity contribution in [3.63, 3.8) is 0 Å². The zero-order chi connectivity index (χ0) is 19.2. The number of aryl methyl sites for hydroxylation is 1. The number of carbonyl (C=O) groups is 1. The number of nitrogens with one attached hydrogen (secondary N) is 1. The van der Waals surface area contributed by atoms with Crippen LogP contribution in [0, 0.1) is 12.7 Å². The number of thioether (sulfide) groups is 1. The first-order chi connectivity index (χ1) is 13.0. The number of rotatable bonds is 6. The molecule has 0 amide bonds. The fourth-order valence-electron chi connectivity index (χ4n) is 3.18.